The third kappa shape index (κ3) is 55.6. The quantitative estimate of drug-likeness (QED) is 0.0264. The van der Waals surface area contributed by atoms with Crippen LogP contribution in [0.25, 0.3) is 0 Å². The van der Waals surface area contributed by atoms with E-state index in [9.17, 15) is 19.0 Å². The number of esters is 2. The van der Waals surface area contributed by atoms with Crippen molar-refractivity contribution in [1.29, 1.82) is 0 Å². The molecule has 0 amide bonds. The molecule has 0 radical (unpaired) electrons. The number of nitrogens with two attached hydrogens (primary N) is 1. The van der Waals surface area contributed by atoms with Crippen molar-refractivity contribution in [3.63, 3.8) is 0 Å². The SMILES string of the molecule is CC/C=C\C/C=C\C/C=C\C/C=C\C/C=C\C/C=C\C/C=C\C/C=C\CCCCCCCCCCCCC(=O)OC(COC(=O)CCCCCCC/C=C\C/C=C\CCCCC)COP(=O)(O)OCCN. The molecule has 0 saturated heterocycles. The molecular weight excluding hydrogens is 906 g/mol. The molecule has 0 heterocycles. The third-order valence-corrected chi connectivity index (χ3v) is 12.3. The zero-order valence-corrected chi connectivity index (χ0v) is 45.8. The summed E-state index contributed by atoms with van der Waals surface area (Å²) in [6, 6.07) is 0. The van der Waals surface area contributed by atoms with Gasteiger partial charge in [-0.05, 0) is 109 Å². The summed E-state index contributed by atoms with van der Waals surface area (Å²) in [4.78, 5) is 35.1. The van der Waals surface area contributed by atoms with Crippen LogP contribution in [-0.4, -0.2) is 49.3 Å². The van der Waals surface area contributed by atoms with Crippen LogP contribution in [0.5, 0.6) is 0 Å². The number of carbonyl (C=O) groups is 2. The molecule has 71 heavy (non-hydrogen) atoms. The number of phosphoric acid groups is 1. The lowest BCUT2D eigenvalue weighted by atomic mass is 10.0. The molecule has 0 aliphatic rings. The second-order valence-corrected chi connectivity index (χ2v) is 19.5. The van der Waals surface area contributed by atoms with Gasteiger partial charge in [-0.2, -0.15) is 0 Å². The van der Waals surface area contributed by atoms with Crippen LogP contribution in [0.3, 0.4) is 0 Å². The van der Waals surface area contributed by atoms with E-state index in [-0.39, 0.29) is 32.6 Å². The minimum atomic E-state index is -4.40. The summed E-state index contributed by atoms with van der Waals surface area (Å²) in [6.45, 7) is 3.56. The maximum Gasteiger partial charge on any atom is 0.472 e. The van der Waals surface area contributed by atoms with Crippen LogP contribution in [0.4, 0.5) is 0 Å². The maximum atomic E-state index is 12.7. The van der Waals surface area contributed by atoms with Gasteiger partial charge in [-0.3, -0.25) is 18.6 Å². The van der Waals surface area contributed by atoms with Crippen LogP contribution in [-0.2, 0) is 32.7 Å². The molecule has 10 heteroatoms. The standard InChI is InChI=1S/C61H102NO8P/c1-3-5-7-9-11-13-15-17-19-20-21-22-23-24-25-26-27-28-29-30-31-32-33-34-35-36-37-38-40-42-44-46-48-50-52-54-61(64)70-59(58-69-71(65,66)68-56-55-62)57-67-60(63)53-51-49-47-45-43-41-39-18-16-14-12-10-8-6-4-2/h5,7,11-14,17-19,21-22,24-25,27-28,30-31,33-34,39,59H,3-4,6,8-10,15-16,20,23,26,29,32,35-38,40-58,62H2,1-2H3,(H,65,66)/b7-5-,13-11-,14-12-,19-17-,22-21-,25-24-,28-27-,31-30-,34-33-,39-18-. The first-order valence-corrected chi connectivity index (χ1v) is 29.5. The van der Waals surface area contributed by atoms with Crippen molar-refractivity contribution in [3.05, 3.63) is 122 Å². The number of hydrogen-bond donors (Lipinski definition) is 2. The summed E-state index contributed by atoms with van der Waals surface area (Å²) in [7, 11) is -4.40. The first kappa shape index (κ1) is 67.4. The van der Waals surface area contributed by atoms with Gasteiger partial charge in [0, 0.05) is 19.4 Å². The zero-order chi connectivity index (χ0) is 51.7. The van der Waals surface area contributed by atoms with E-state index in [4.69, 9.17) is 24.3 Å². The average Bonchev–Trinajstić information content (AvgIpc) is 3.36. The van der Waals surface area contributed by atoms with Gasteiger partial charge in [0.05, 0.1) is 13.2 Å². The van der Waals surface area contributed by atoms with Crippen molar-refractivity contribution < 1.29 is 37.6 Å². The molecule has 0 aromatic carbocycles. The summed E-state index contributed by atoms with van der Waals surface area (Å²) in [6.07, 6.45) is 76.8. The zero-order valence-electron chi connectivity index (χ0n) is 44.9. The fraction of sp³-hybridized carbons (Fsp3) is 0.639. The number of phosphoric ester groups is 1. The monoisotopic (exact) mass is 1010 g/mol. The van der Waals surface area contributed by atoms with Crippen LogP contribution in [0, 0.1) is 0 Å². The van der Waals surface area contributed by atoms with Crippen LogP contribution < -0.4 is 5.73 Å². The lowest BCUT2D eigenvalue weighted by Gasteiger charge is -2.19. The lowest BCUT2D eigenvalue weighted by molar-refractivity contribution is -0.161. The topological polar surface area (TPSA) is 134 Å². The molecule has 2 atom stereocenters. The first-order chi connectivity index (χ1) is 34.8. The van der Waals surface area contributed by atoms with Crippen molar-refractivity contribution in [2.45, 2.75) is 225 Å². The fourth-order valence-corrected chi connectivity index (χ4v) is 7.98. The van der Waals surface area contributed by atoms with Crippen molar-refractivity contribution in [3.8, 4) is 0 Å². The second kappa shape index (κ2) is 55.7. The molecule has 0 aromatic heterocycles. The highest BCUT2D eigenvalue weighted by Crippen LogP contribution is 2.43. The lowest BCUT2D eigenvalue weighted by Crippen LogP contribution is -2.29. The van der Waals surface area contributed by atoms with Gasteiger partial charge in [0.2, 0.25) is 0 Å². The molecule has 0 spiro atoms. The van der Waals surface area contributed by atoms with E-state index in [0.29, 0.717) is 12.8 Å². The van der Waals surface area contributed by atoms with Crippen LogP contribution >= 0.6 is 7.82 Å². The Morgan fingerprint density at radius 1 is 0.437 bits per heavy atom. The van der Waals surface area contributed by atoms with Gasteiger partial charge in [0.15, 0.2) is 6.10 Å². The summed E-state index contributed by atoms with van der Waals surface area (Å²) < 4.78 is 32.9. The largest absolute Gasteiger partial charge is 0.472 e. The van der Waals surface area contributed by atoms with E-state index in [2.05, 4.69) is 135 Å². The molecule has 0 bridgehead atoms. The van der Waals surface area contributed by atoms with Gasteiger partial charge in [-0.1, -0.05) is 219 Å². The Labute approximate surface area is 434 Å². The Kier molecular flexibility index (Phi) is 52.9. The number of ether oxygens (including phenoxy) is 2. The van der Waals surface area contributed by atoms with Gasteiger partial charge in [-0.15, -0.1) is 0 Å². The molecule has 2 unspecified atom stereocenters. The molecular formula is C61H102NO8P. The van der Waals surface area contributed by atoms with Crippen LogP contribution in [0.2, 0.25) is 0 Å². The molecule has 0 saturated carbocycles. The van der Waals surface area contributed by atoms with Gasteiger partial charge in [-0.25, -0.2) is 4.57 Å². The highest BCUT2D eigenvalue weighted by molar-refractivity contribution is 7.47. The average molecular weight is 1010 g/mol. The van der Waals surface area contributed by atoms with Crippen molar-refractivity contribution in [2.75, 3.05) is 26.4 Å². The molecule has 0 aromatic rings. The van der Waals surface area contributed by atoms with E-state index < -0.39 is 32.5 Å². The Morgan fingerprint density at radius 2 is 0.775 bits per heavy atom. The van der Waals surface area contributed by atoms with E-state index in [1.165, 1.54) is 64.2 Å². The number of carbonyl (C=O) groups excluding carboxylic acids is 2. The van der Waals surface area contributed by atoms with Crippen molar-refractivity contribution in [2.24, 2.45) is 5.73 Å². The summed E-state index contributed by atoms with van der Waals surface area (Å²) in [5.41, 5.74) is 5.37. The molecule has 0 rings (SSSR count). The molecule has 0 fully saturated rings. The second-order valence-electron chi connectivity index (χ2n) is 18.1. The summed E-state index contributed by atoms with van der Waals surface area (Å²) >= 11 is 0. The van der Waals surface area contributed by atoms with E-state index in [1.807, 2.05) is 0 Å². The third-order valence-electron chi connectivity index (χ3n) is 11.3. The number of hydrogen-bond acceptors (Lipinski definition) is 8. The van der Waals surface area contributed by atoms with E-state index in [0.717, 1.165) is 116 Å². The van der Waals surface area contributed by atoms with E-state index in [1.54, 1.807) is 0 Å². The normalized spacial score (nSPS) is 14.0. The smallest absolute Gasteiger partial charge is 0.462 e. The van der Waals surface area contributed by atoms with Gasteiger partial charge >= 0.3 is 19.8 Å². The predicted octanol–water partition coefficient (Wildman–Crippen LogP) is 17.6. The van der Waals surface area contributed by atoms with Gasteiger partial charge in [0.1, 0.15) is 6.61 Å². The number of rotatable bonds is 51. The molecule has 0 aliphatic heterocycles. The van der Waals surface area contributed by atoms with E-state index >= 15 is 0 Å². The maximum absolute atomic E-state index is 12.7. The predicted molar refractivity (Wildman–Crippen MR) is 302 cm³/mol. The Morgan fingerprint density at radius 3 is 1.15 bits per heavy atom. The number of allylic oxidation sites excluding steroid dienone is 20. The Bertz CT molecular complexity index is 1570. The number of unbranched alkanes of at least 4 members (excludes halogenated alkanes) is 18. The Balaban J connectivity index is 4.01. The highest BCUT2D eigenvalue weighted by atomic mass is 31.2. The first-order valence-electron chi connectivity index (χ1n) is 28.0. The minimum absolute atomic E-state index is 0.0450. The van der Waals surface area contributed by atoms with Crippen molar-refractivity contribution >= 4 is 19.8 Å². The Hall–Kier alpha value is -3.59. The van der Waals surface area contributed by atoms with Gasteiger partial charge in [0.25, 0.3) is 0 Å². The highest BCUT2D eigenvalue weighted by Gasteiger charge is 2.26. The van der Waals surface area contributed by atoms with Crippen LogP contribution in [0.1, 0.15) is 219 Å². The summed E-state index contributed by atoms with van der Waals surface area (Å²) in [5.74, 6) is -0.856. The molecule has 404 valence electrons. The van der Waals surface area contributed by atoms with Crippen LogP contribution in [0.15, 0.2) is 122 Å². The van der Waals surface area contributed by atoms with Gasteiger partial charge < -0.3 is 20.1 Å². The fourth-order valence-electron chi connectivity index (χ4n) is 7.21. The molecule has 9 nitrogen and oxygen atoms in total. The molecule has 3 N–H and O–H groups in total. The molecule has 0 aliphatic carbocycles. The van der Waals surface area contributed by atoms with Crippen molar-refractivity contribution in [1.82, 2.24) is 0 Å². The summed E-state index contributed by atoms with van der Waals surface area (Å²) in [5, 5.41) is 0. The minimum Gasteiger partial charge on any atom is -0.462 e.